The summed E-state index contributed by atoms with van der Waals surface area (Å²) in [5, 5.41) is 1.13. The van der Waals surface area contributed by atoms with Crippen molar-refractivity contribution >= 4 is 22.5 Å². The number of hydrogen-bond donors (Lipinski definition) is 1. The van der Waals surface area contributed by atoms with E-state index in [1.165, 1.54) is 5.56 Å². The Morgan fingerprint density at radius 1 is 1.29 bits per heavy atom. The van der Waals surface area contributed by atoms with E-state index in [1.54, 1.807) is 0 Å². The van der Waals surface area contributed by atoms with Gasteiger partial charge in [0, 0.05) is 16.0 Å². The number of benzene rings is 1. The Labute approximate surface area is 88.6 Å². The zero-order chi connectivity index (χ0) is 10.2. The molecule has 0 aliphatic carbocycles. The zero-order valence-corrected chi connectivity index (χ0v) is 9.27. The van der Waals surface area contributed by atoms with Crippen LogP contribution in [-0.2, 0) is 0 Å². The summed E-state index contributed by atoms with van der Waals surface area (Å²) in [6.07, 6.45) is 0. The number of aliphatic imine (C=N–C) groups is 1. The van der Waals surface area contributed by atoms with Gasteiger partial charge in [0.25, 0.3) is 0 Å². The third-order valence-electron chi connectivity index (χ3n) is 2.13. The molecule has 3 heteroatoms. The molecule has 0 amide bonds. The Bertz CT molecular complexity index is 365. The molecule has 14 heavy (non-hydrogen) atoms. The Hall–Kier alpha value is -0.960. The third-order valence-corrected chi connectivity index (χ3v) is 3.37. The van der Waals surface area contributed by atoms with Gasteiger partial charge in [-0.2, -0.15) is 0 Å². The first-order valence-corrected chi connectivity index (χ1v) is 5.48. The monoisotopic (exact) mass is 206 g/mol. The second-order valence-corrected chi connectivity index (χ2v) is 5.80. The first-order valence-electron chi connectivity index (χ1n) is 4.66. The van der Waals surface area contributed by atoms with E-state index in [0.29, 0.717) is 0 Å². The van der Waals surface area contributed by atoms with Gasteiger partial charge in [0.15, 0.2) is 0 Å². The van der Waals surface area contributed by atoms with Crippen molar-refractivity contribution in [2.24, 2.45) is 4.99 Å². The van der Waals surface area contributed by atoms with Gasteiger partial charge in [-0.15, -0.1) is 0 Å². The molecule has 0 bridgehead atoms. The van der Waals surface area contributed by atoms with Gasteiger partial charge in [-0.05, 0) is 26.0 Å². The molecule has 0 unspecified atom stereocenters. The Morgan fingerprint density at radius 3 is 2.43 bits per heavy atom. The number of thioether (sulfide) groups is 1. The summed E-state index contributed by atoms with van der Waals surface area (Å²) in [5.74, 6) is 0. The molecule has 0 saturated carbocycles. The average molecular weight is 206 g/mol. The van der Waals surface area contributed by atoms with Crippen LogP contribution in [0.4, 0.5) is 5.69 Å². The zero-order valence-electron chi connectivity index (χ0n) is 8.45. The van der Waals surface area contributed by atoms with E-state index in [1.807, 2.05) is 36.0 Å². The molecular formula is C11H14N2S. The van der Waals surface area contributed by atoms with Crippen molar-refractivity contribution in [2.45, 2.75) is 18.6 Å². The molecule has 2 nitrogen and oxygen atoms in total. The highest BCUT2D eigenvalue weighted by Crippen LogP contribution is 2.34. The predicted molar refractivity (Wildman–Crippen MR) is 63.9 cm³/mol. The van der Waals surface area contributed by atoms with Gasteiger partial charge in [0.1, 0.15) is 0 Å². The van der Waals surface area contributed by atoms with E-state index in [4.69, 9.17) is 5.73 Å². The highest BCUT2D eigenvalue weighted by Gasteiger charge is 2.27. The van der Waals surface area contributed by atoms with Crippen LogP contribution in [0, 0.1) is 0 Å². The van der Waals surface area contributed by atoms with Crippen molar-refractivity contribution in [1.82, 2.24) is 0 Å². The van der Waals surface area contributed by atoms with Crippen molar-refractivity contribution in [1.29, 1.82) is 0 Å². The smallest absolute Gasteiger partial charge is 0.0983 e. The summed E-state index contributed by atoms with van der Waals surface area (Å²) >= 11 is 1.84. The Balaban J connectivity index is 2.22. The van der Waals surface area contributed by atoms with Crippen LogP contribution in [0.5, 0.6) is 0 Å². The highest BCUT2D eigenvalue weighted by molar-refractivity contribution is 8.15. The molecule has 1 heterocycles. The van der Waals surface area contributed by atoms with Crippen LogP contribution in [0.25, 0.3) is 0 Å². The lowest BCUT2D eigenvalue weighted by atomic mass is 10.2. The molecular weight excluding hydrogens is 192 g/mol. The summed E-state index contributed by atoms with van der Waals surface area (Å²) in [6, 6.07) is 7.90. The molecule has 0 saturated heterocycles. The fourth-order valence-corrected chi connectivity index (χ4v) is 2.40. The number of nitrogen functional groups attached to an aromatic ring is 1. The van der Waals surface area contributed by atoms with Crippen LogP contribution in [0.2, 0.25) is 0 Å². The maximum Gasteiger partial charge on any atom is 0.0983 e. The van der Waals surface area contributed by atoms with Crippen LogP contribution in [-0.4, -0.2) is 16.3 Å². The molecule has 1 aromatic rings. The van der Waals surface area contributed by atoms with Crippen molar-refractivity contribution in [3.05, 3.63) is 29.8 Å². The first-order chi connectivity index (χ1) is 6.57. The summed E-state index contributed by atoms with van der Waals surface area (Å²) in [5.41, 5.74) is 7.61. The van der Waals surface area contributed by atoms with Gasteiger partial charge in [-0.3, -0.25) is 4.99 Å². The van der Waals surface area contributed by atoms with E-state index in [2.05, 4.69) is 18.8 Å². The van der Waals surface area contributed by atoms with Gasteiger partial charge >= 0.3 is 0 Å². The normalized spacial score (nSPS) is 19.4. The number of rotatable bonds is 1. The first kappa shape index (κ1) is 9.59. The molecule has 0 aromatic heterocycles. The van der Waals surface area contributed by atoms with Crippen molar-refractivity contribution in [2.75, 3.05) is 12.3 Å². The fourth-order valence-electron chi connectivity index (χ4n) is 1.36. The number of anilines is 1. The lowest BCUT2D eigenvalue weighted by molar-refractivity contribution is 0.741. The van der Waals surface area contributed by atoms with Gasteiger partial charge in [0.05, 0.1) is 11.6 Å². The molecule has 1 aromatic carbocycles. The van der Waals surface area contributed by atoms with Gasteiger partial charge < -0.3 is 5.73 Å². The van der Waals surface area contributed by atoms with Crippen molar-refractivity contribution in [3.8, 4) is 0 Å². The minimum absolute atomic E-state index is 0.247. The van der Waals surface area contributed by atoms with Crippen molar-refractivity contribution in [3.63, 3.8) is 0 Å². The standard InChI is InChI=1S/C11H14N2S/c1-11(2)7-13-10(14-11)8-3-5-9(12)6-4-8/h3-6H,7,12H2,1-2H3. The number of hydrogen-bond acceptors (Lipinski definition) is 3. The van der Waals surface area contributed by atoms with Gasteiger partial charge in [0.2, 0.25) is 0 Å². The predicted octanol–water partition coefficient (Wildman–Crippen LogP) is 2.54. The lowest BCUT2D eigenvalue weighted by Gasteiger charge is -2.13. The largest absolute Gasteiger partial charge is 0.399 e. The molecule has 2 rings (SSSR count). The van der Waals surface area contributed by atoms with E-state index >= 15 is 0 Å². The minimum atomic E-state index is 0.247. The van der Waals surface area contributed by atoms with Crippen molar-refractivity contribution < 1.29 is 0 Å². The fraction of sp³-hybridized carbons (Fsp3) is 0.364. The Morgan fingerprint density at radius 2 is 1.93 bits per heavy atom. The summed E-state index contributed by atoms with van der Waals surface area (Å²) < 4.78 is 0.247. The molecule has 0 atom stereocenters. The molecule has 0 fully saturated rings. The molecule has 0 spiro atoms. The topological polar surface area (TPSA) is 38.4 Å². The van der Waals surface area contributed by atoms with Gasteiger partial charge in [-0.1, -0.05) is 23.9 Å². The van der Waals surface area contributed by atoms with E-state index < -0.39 is 0 Å². The third kappa shape index (κ3) is 1.93. The lowest BCUT2D eigenvalue weighted by Crippen LogP contribution is -2.14. The molecule has 2 N–H and O–H groups in total. The molecule has 0 radical (unpaired) electrons. The highest BCUT2D eigenvalue weighted by atomic mass is 32.2. The van der Waals surface area contributed by atoms with E-state index in [0.717, 1.165) is 17.3 Å². The summed E-state index contributed by atoms with van der Waals surface area (Å²) in [7, 11) is 0. The Kier molecular flexibility index (Phi) is 2.27. The quantitative estimate of drug-likeness (QED) is 0.717. The van der Waals surface area contributed by atoms with Crippen LogP contribution >= 0.6 is 11.8 Å². The second-order valence-electron chi connectivity index (χ2n) is 4.11. The summed E-state index contributed by atoms with van der Waals surface area (Å²) in [4.78, 5) is 4.53. The second kappa shape index (κ2) is 3.31. The molecule has 1 aliphatic heterocycles. The van der Waals surface area contributed by atoms with E-state index in [9.17, 15) is 0 Å². The minimum Gasteiger partial charge on any atom is -0.399 e. The maximum atomic E-state index is 5.63. The molecule has 1 aliphatic rings. The maximum absolute atomic E-state index is 5.63. The number of nitrogens with zero attached hydrogens (tertiary/aromatic N) is 1. The van der Waals surface area contributed by atoms with Crippen LogP contribution in [0.1, 0.15) is 19.4 Å². The molecule has 74 valence electrons. The van der Waals surface area contributed by atoms with Crippen LogP contribution in [0.15, 0.2) is 29.3 Å². The summed E-state index contributed by atoms with van der Waals surface area (Å²) in [6.45, 7) is 5.33. The van der Waals surface area contributed by atoms with Gasteiger partial charge in [-0.25, -0.2) is 0 Å². The average Bonchev–Trinajstić information content (AvgIpc) is 2.47. The SMILES string of the molecule is CC1(C)CN=C(c2ccc(N)cc2)S1. The van der Waals surface area contributed by atoms with Crippen LogP contribution < -0.4 is 5.73 Å². The number of nitrogens with two attached hydrogens (primary N) is 1. The van der Waals surface area contributed by atoms with E-state index in [-0.39, 0.29) is 4.75 Å². The van der Waals surface area contributed by atoms with Crippen LogP contribution in [0.3, 0.4) is 0 Å².